The SMILES string of the molecule is Cc1cc(C(=O)OC(C)C(=O)Nc2ccc(Cl)cc2)c2ccccc2n1. The first-order valence-electron chi connectivity index (χ1n) is 8.08. The monoisotopic (exact) mass is 368 g/mol. The zero-order valence-corrected chi connectivity index (χ0v) is 15.1. The second-order valence-corrected chi connectivity index (χ2v) is 6.31. The Bertz CT molecular complexity index is 970. The average molecular weight is 369 g/mol. The van der Waals surface area contributed by atoms with Gasteiger partial charge in [0.2, 0.25) is 0 Å². The number of benzene rings is 2. The Kier molecular flexibility index (Phi) is 5.19. The summed E-state index contributed by atoms with van der Waals surface area (Å²) in [5.41, 5.74) is 2.37. The van der Waals surface area contributed by atoms with Crippen LogP contribution < -0.4 is 5.32 Å². The fourth-order valence-corrected chi connectivity index (χ4v) is 2.66. The normalized spacial score (nSPS) is 11.8. The van der Waals surface area contributed by atoms with E-state index >= 15 is 0 Å². The molecule has 1 aromatic heterocycles. The molecule has 0 saturated heterocycles. The molecule has 1 heterocycles. The lowest BCUT2D eigenvalue weighted by Crippen LogP contribution is -2.30. The van der Waals surface area contributed by atoms with E-state index in [-0.39, 0.29) is 0 Å². The van der Waals surface area contributed by atoms with E-state index in [1.165, 1.54) is 6.92 Å². The minimum atomic E-state index is -0.953. The van der Waals surface area contributed by atoms with Crippen molar-refractivity contribution in [1.29, 1.82) is 0 Å². The first-order valence-corrected chi connectivity index (χ1v) is 8.45. The maximum absolute atomic E-state index is 12.6. The Morgan fingerprint density at radius 2 is 1.81 bits per heavy atom. The molecule has 2 aromatic carbocycles. The van der Waals surface area contributed by atoms with Gasteiger partial charge in [-0.15, -0.1) is 0 Å². The van der Waals surface area contributed by atoms with Crippen LogP contribution in [0.1, 0.15) is 23.0 Å². The van der Waals surface area contributed by atoms with Crippen molar-refractivity contribution in [3.8, 4) is 0 Å². The molecule has 5 nitrogen and oxygen atoms in total. The van der Waals surface area contributed by atoms with Crippen molar-refractivity contribution >= 4 is 40.1 Å². The average Bonchev–Trinajstić information content (AvgIpc) is 2.62. The Labute approximate surface area is 156 Å². The van der Waals surface area contributed by atoms with Gasteiger partial charge in [-0.1, -0.05) is 29.8 Å². The van der Waals surface area contributed by atoms with Crippen LogP contribution in [0.3, 0.4) is 0 Å². The number of aromatic nitrogens is 1. The molecule has 26 heavy (non-hydrogen) atoms. The molecule has 0 spiro atoms. The Hall–Kier alpha value is -2.92. The summed E-state index contributed by atoms with van der Waals surface area (Å²) < 4.78 is 5.35. The highest BCUT2D eigenvalue weighted by atomic mass is 35.5. The molecule has 0 bridgehead atoms. The minimum Gasteiger partial charge on any atom is -0.449 e. The zero-order chi connectivity index (χ0) is 18.7. The van der Waals surface area contributed by atoms with E-state index in [1.54, 1.807) is 43.3 Å². The van der Waals surface area contributed by atoms with Gasteiger partial charge in [0.1, 0.15) is 0 Å². The molecular weight excluding hydrogens is 352 g/mol. The number of hydrogen-bond acceptors (Lipinski definition) is 4. The van der Waals surface area contributed by atoms with Crippen LogP contribution in [0.15, 0.2) is 54.6 Å². The highest BCUT2D eigenvalue weighted by molar-refractivity contribution is 6.30. The van der Waals surface area contributed by atoms with Crippen LogP contribution in [0.25, 0.3) is 10.9 Å². The molecule has 1 N–H and O–H groups in total. The highest BCUT2D eigenvalue weighted by Gasteiger charge is 2.21. The molecule has 1 unspecified atom stereocenters. The number of hydrogen-bond donors (Lipinski definition) is 1. The van der Waals surface area contributed by atoms with Gasteiger partial charge in [0.05, 0.1) is 11.1 Å². The smallest absolute Gasteiger partial charge is 0.339 e. The number of halogens is 1. The van der Waals surface area contributed by atoms with Crippen molar-refractivity contribution in [2.75, 3.05) is 5.32 Å². The summed E-state index contributed by atoms with van der Waals surface area (Å²) >= 11 is 5.82. The van der Waals surface area contributed by atoms with Gasteiger partial charge in [0, 0.05) is 21.8 Å². The molecule has 0 radical (unpaired) electrons. The van der Waals surface area contributed by atoms with Gasteiger partial charge in [0.15, 0.2) is 6.10 Å². The molecule has 0 aliphatic rings. The van der Waals surface area contributed by atoms with E-state index in [0.29, 0.717) is 32.9 Å². The standard InChI is InChI=1S/C20H17ClN2O3/c1-12-11-17(16-5-3-4-6-18(16)22-12)20(25)26-13(2)19(24)23-15-9-7-14(21)8-10-15/h3-11,13H,1-2H3,(H,23,24). The summed E-state index contributed by atoms with van der Waals surface area (Å²) in [7, 11) is 0. The number of ether oxygens (including phenoxy) is 1. The van der Waals surface area contributed by atoms with Gasteiger partial charge in [-0.2, -0.15) is 0 Å². The fourth-order valence-electron chi connectivity index (χ4n) is 2.53. The number of aryl methyl sites for hydroxylation is 1. The van der Waals surface area contributed by atoms with Crippen molar-refractivity contribution in [2.24, 2.45) is 0 Å². The zero-order valence-electron chi connectivity index (χ0n) is 14.3. The number of amides is 1. The van der Waals surface area contributed by atoms with Gasteiger partial charge >= 0.3 is 5.97 Å². The summed E-state index contributed by atoms with van der Waals surface area (Å²) in [4.78, 5) is 29.2. The molecule has 3 rings (SSSR count). The van der Waals surface area contributed by atoms with Gasteiger partial charge in [-0.25, -0.2) is 4.79 Å². The summed E-state index contributed by atoms with van der Waals surface area (Å²) in [5, 5.41) is 3.95. The van der Waals surface area contributed by atoms with E-state index < -0.39 is 18.0 Å². The van der Waals surface area contributed by atoms with Gasteiger partial charge in [-0.05, 0) is 50.2 Å². The molecule has 6 heteroatoms. The molecule has 3 aromatic rings. The lowest BCUT2D eigenvalue weighted by atomic mass is 10.1. The first-order chi connectivity index (χ1) is 12.4. The Balaban J connectivity index is 1.75. The largest absolute Gasteiger partial charge is 0.449 e. The van der Waals surface area contributed by atoms with E-state index in [4.69, 9.17) is 16.3 Å². The topological polar surface area (TPSA) is 68.3 Å². The second-order valence-electron chi connectivity index (χ2n) is 5.87. The predicted molar refractivity (Wildman–Crippen MR) is 101 cm³/mol. The maximum atomic E-state index is 12.6. The maximum Gasteiger partial charge on any atom is 0.339 e. The summed E-state index contributed by atoms with van der Waals surface area (Å²) in [5.74, 6) is -0.985. The van der Waals surface area contributed by atoms with Crippen molar-refractivity contribution in [3.63, 3.8) is 0 Å². The summed E-state index contributed by atoms with van der Waals surface area (Å²) in [6.07, 6.45) is -0.953. The molecule has 0 aliphatic heterocycles. The Morgan fingerprint density at radius 3 is 2.54 bits per heavy atom. The number of carbonyl (C=O) groups is 2. The van der Waals surface area contributed by atoms with Gasteiger partial charge < -0.3 is 10.1 Å². The number of pyridine rings is 1. The second kappa shape index (κ2) is 7.54. The first kappa shape index (κ1) is 17.9. The molecular formula is C20H17ClN2O3. The third-order valence-electron chi connectivity index (χ3n) is 3.83. The molecule has 0 aliphatic carbocycles. The predicted octanol–water partition coefficient (Wildman–Crippen LogP) is 4.38. The number of esters is 1. The van der Waals surface area contributed by atoms with Gasteiger partial charge in [-0.3, -0.25) is 9.78 Å². The third-order valence-corrected chi connectivity index (χ3v) is 4.08. The quantitative estimate of drug-likeness (QED) is 0.694. The number of nitrogens with one attached hydrogen (secondary N) is 1. The van der Waals surface area contributed by atoms with E-state index in [0.717, 1.165) is 0 Å². The van der Waals surface area contributed by atoms with E-state index in [1.807, 2.05) is 18.2 Å². The van der Waals surface area contributed by atoms with Crippen LogP contribution in [-0.2, 0) is 9.53 Å². The van der Waals surface area contributed by atoms with Crippen LogP contribution >= 0.6 is 11.6 Å². The molecule has 1 amide bonds. The van der Waals surface area contributed by atoms with Crippen LogP contribution in [0.2, 0.25) is 5.02 Å². The highest BCUT2D eigenvalue weighted by Crippen LogP contribution is 2.20. The third kappa shape index (κ3) is 4.00. The molecule has 132 valence electrons. The number of nitrogens with zero attached hydrogens (tertiary/aromatic N) is 1. The number of rotatable bonds is 4. The van der Waals surface area contributed by atoms with Crippen LogP contribution in [0.5, 0.6) is 0 Å². The number of carbonyl (C=O) groups excluding carboxylic acids is 2. The number of para-hydroxylation sites is 1. The molecule has 0 fully saturated rings. The molecule has 1 atom stereocenters. The van der Waals surface area contributed by atoms with Crippen LogP contribution in [-0.4, -0.2) is 23.0 Å². The van der Waals surface area contributed by atoms with Gasteiger partial charge in [0.25, 0.3) is 5.91 Å². The van der Waals surface area contributed by atoms with E-state index in [2.05, 4.69) is 10.3 Å². The lowest BCUT2D eigenvalue weighted by molar-refractivity contribution is -0.123. The van der Waals surface area contributed by atoms with Crippen molar-refractivity contribution < 1.29 is 14.3 Å². The minimum absolute atomic E-state index is 0.388. The lowest BCUT2D eigenvalue weighted by Gasteiger charge is -2.14. The van der Waals surface area contributed by atoms with Crippen molar-refractivity contribution in [3.05, 3.63) is 70.9 Å². The number of fused-ring (bicyclic) bond motifs is 1. The fraction of sp³-hybridized carbons (Fsp3) is 0.150. The van der Waals surface area contributed by atoms with Crippen molar-refractivity contribution in [2.45, 2.75) is 20.0 Å². The summed E-state index contributed by atoms with van der Waals surface area (Å²) in [6, 6.07) is 15.7. The van der Waals surface area contributed by atoms with Crippen molar-refractivity contribution in [1.82, 2.24) is 4.98 Å². The van der Waals surface area contributed by atoms with Crippen LogP contribution in [0.4, 0.5) is 5.69 Å². The Morgan fingerprint density at radius 1 is 1.12 bits per heavy atom. The molecule has 0 saturated carbocycles. The summed E-state index contributed by atoms with van der Waals surface area (Å²) in [6.45, 7) is 3.33. The number of anilines is 1. The van der Waals surface area contributed by atoms with Crippen LogP contribution in [0, 0.1) is 6.92 Å². The van der Waals surface area contributed by atoms with E-state index in [9.17, 15) is 9.59 Å².